The molecule has 0 aromatic carbocycles. The molecule has 1 amide bonds. The molecule has 0 aromatic rings. The summed E-state index contributed by atoms with van der Waals surface area (Å²) in [4.78, 5) is 14.1. The van der Waals surface area contributed by atoms with E-state index < -0.39 is 0 Å². The molecule has 1 heterocycles. The molecule has 2 aliphatic rings. The Morgan fingerprint density at radius 3 is 2.22 bits per heavy atom. The van der Waals surface area contributed by atoms with Crippen LogP contribution in [0.1, 0.15) is 51.9 Å². The first kappa shape index (κ1) is 20.7. The molecule has 6 heteroatoms. The third-order valence-electron chi connectivity index (χ3n) is 5.14. The van der Waals surface area contributed by atoms with Crippen molar-refractivity contribution < 1.29 is 14.3 Å². The molecule has 1 aliphatic carbocycles. The van der Waals surface area contributed by atoms with Gasteiger partial charge in [-0.05, 0) is 44.4 Å². The van der Waals surface area contributed by atoms with Gasteiger partial charge in [0.25, 0.3) is 0 Å². The number of carbonyl (C=O) groups excluding carboxylic acids is 1. The summed E-state index contributed by atoms with van der Waals surface area (Å²) in [6, 6.07) is 0. The lowest BCUT2D eigenvalue weighted by molar-refractivity contribution is -0.137. The Morgan fingerprint density at radius 1 is 1.13 bits per heavy atom. The van der Waals surface area contributed by atoms with Crippen LogP contribution in [0.2, 0.25) is 0 Å². The van der Waals surface area contributed by atoms with Crippen LogP contribution in [0.4, 0.5) is 0 Å². The van der Waals surface area contributed by atoms with E-state index >= 15 is 0 Å². The van der Waals surface area contributed by atoms with Crippen molar-refractivity contribution in [1.82, 2.24) is 4.90 Å². The molecule has 1 saturated carbocycles. The fourth-order valence-corrected chi connectivity index (χ4v) is 3.47. The molecule has 2 rings (SSSR count). The van der Waals surface area contributed by atoms with Crippen LogP contribution in [0.25, 0.3) is 0 Å². The van der Waals surface area contributed by atoms with Crippen LogP contribution in [-0.2, 0) is 14.3 Å². The second-order valence-electron chi connectivity index (χ2n) is 6.90. The summed E-state index contributed by atoms with van der Waals surface area (Å²) in [6.07, 6.45) is 7.90. The fraction of sp³-hybridized carbons (Fsp3) is 0.941. The molecule has 1 unspecified atom stereocenters. The molecule has 0 spiro atoms. The van der Waals surface area contributed by atoms with Gasteiger partial charge < -0.3 is 20.1 Å². The molecular formula is C17H33ClN2O3. The first-order chi connectivity index (χ1) is 10.6. The number of methoxy groups -OCH3 is 1. The second kappa shape index (κ2) is 10.5. The molecule has 5 nitrogen and oxygen atoms in total. The number of rotatable bonds is 6. The minimum absolute atomic E-state index is 0. The number of nitrogens with zero attached hydrogens (tertiary/aromatic N) is 1. The lowest BCUT2D eigenvalue weighted by atomic mass is 9.88. The van der Waals surface area contributed by atoms with Gasteiger partial charge in [0, 0.05) is 26.7 Å². The van der Waals surface area contributed by atoms with Crippen molar-refractivity contribution in [3.8, 4) is 0 Å². The Bertz CT molecular complexity index is 337. The molecule has 0 bridgehead atoms. The van der Waals surface area contributed by atoms with Gasteiger partial charge in [-0.2, -0.15) is 0 Å². The van der Waals surface area contributed by atoms with Crippen molar-refractivity contribution >= 4 is 18.3 Å². The topological polar surface area (TPSA) is 64.8 Å². The number of likely N-dealkylation sites (tertiary alicyclic amines) is 1. The zero-order chi connectivity index (χ0) is 15.9. The number of halogens is 1. The summed E-state index contributed by atoms with van der Waals surface area (Å²) in [5, 5.41) is 0. The van der Waals surface area contributed by atoms with Crippen molar-refractivity contribution in [2.45, 2.75) is 70.2 Å². The van der Waals surface area contributed by atoms with Gasteiger partial charge in [0.1, 0.15) is 0 Å². The second-order valence-corrected chi connectivity index (χ2v) is 6.90. The van der Waals surface area contributed by atoms with Gasteiger partial charge in [0.05, 0.1) is 24.7 Å². The number of hydrogen-bond donors (Lipinski definition) is 1. The lowest BCUT2D eigenvalue weighted by Crippen LogP contribution is -2.43. The molecule has 1 atom stereocenters. The highest BCUT2D eigenvalue weighted by Crippen LogP contribution is 2.28. The van der Waals surface area contributed by atoms with E-state index in [0.29, 0.717) is 25.2 Å². The Kier molecular flexibility index (Phi) is 9.44. The Hall–Kier alpha value is -0.360. The fourth-order valence-electron chi connectivity index (χ4n) is 3.47. The molecule has 1 saturated heterocycles. The number of ether oxygens (including phenoxy) is 2. The lowest BCUT2D eigenvalue weighted by Gasteiger charge is -2.36. The predicted molar refractivity (Wildman–Crippen MR) is 93.8 cm³/mol. The van der Waals surface area contributed by atoms with E-state index in [1.165, 1.54) is 25.7 Å². The molecule has 2 fully saturated rings. The van der Waals surface area contributed by atoms with Gasteiger partial charge in [0.2, 0.25) is 5.91 Å². The van der Waals surface area contributed by atoms with Crippen LogP contribution in [0.5, 0.6) is 0 Å². The van der Waals surface area contributed by atoms with Gasteiger partial charge in [-0.25, -0.2) is 0 Å². The van der Waals surface area contributed by atoms with Gasteiger partial charge in [-0.3, -0.25) is 4.79 Å². The minimum atomic E-state index is -0.161. The number of carbonyl (C=O) groups is 1. The number of hydrogen-bond acceptors (Lipinski definition) is 4. The van der Waals surface area contributed by atoms with Crippen molar-refractivity contribution in [2.75, 3.05) is 26.7 Å². The Balaban J connectivity index is 0.00000264. The molecule has 2 N–H and O–H groups in total. The standard InChI is InChI=1S/C17H32N2O3.ClH/c1-13-3-5-14(6-4-13)22-15-7-9-19(10-8-15)17(20)11-16(12-18)21-2;/h13-16H,3-12,18H2,1-2H3;1H. The smallest absolute Gasteiger partial charge is 0.225 e. The van der Waals surface area contributed by atoms with Crippen molar-refractivity contribution in [3.05, 3.63) is 0 Å². The maximum absolute atomic E-state index is 12.2. The SMILES string of the molecule is COC(CN)CC(=O)N1CCC(OC2CCC(C)CC2)CC1.Cl. The van der Waals surface area contributed by atoms with Crippen LogP contribution < -0.4 is 5.73 Å². The summed E-state index contributed by atoms with van der Waals surface area (Å²) in [5.41, 5.74) is 5.58. The summed E-state index contributed by atoms with van der Waals surface area (Å²) < 4.78 is 11.4. The monoisotopic (exact) mass is 348 g/mol. The minimum Gasteiger partial charge on any atom is -0.380 e. The van der Waals surface area contributed by atoms with Gasteiger partial charge in [-0.1, -0.05) is 6.92 Å². The number of nitrogens with two attached hydrogens (primary N) is 1. The maximum atomic E-state index is 12.2. The molecule has 0 radical (unpaired) electrons. The van der Waals surface area contributed by atoms with Crippen LogP contribution in [-0.4, -0.2) is 55.9 Å². The molecule has 1 aliphatic heterocycles. The summed E-state index contributed by atoms with van der Waals surface area (Å²) >= 11 is 0. The predicted octanol–water partition coefficient (Wildman–Crippen LogP) is 2.36. The highest BCUT2D eigenvalue weighted by atomic mass is 35.5. The van der Waals surface area contributed by atoms with Crippen LogP contribution in [0.3, 0.4) is 0 Å². The summed E-state index contributed by atoms with van der Waals surface area (Å²) in [5.74, 6) is 1.01. The van der Waals surface area contributed by atoms with Crippen LogP contribution in [0, 0.1) is 5.92 Å². The zero-order valence-corrected chi connectivity index (χ0v) is 15.4. The third kappa shape index (κ3) is 6.57. The van der Waals surface area contributed by atoms with Crippen LogP contribution in [0.15, 0.2) is 0 Å². The van der Waals surface area contributed by atoms with E-state index in [1.807, 2.05) is 4.90 Å². The first-order valence-corrected chi connectivity index (χ1v) is 8.78. The maximum Gasteiger partial charge on any atom is 0.225 e. The van der Waals surface area contributed by atoms with E-state index in [2.05, 4.69) is 6.92 Å². The quantitative estimate of drug-likeness (QED) is 0.800. The molecule has 136 valence electrons. The van der Waals surface area contributed by atoms with Gasteiger partial charge >= 0.3 is 0 Å². The van der Waals surface area contributed by atoms with Crippen LogP contribution >= 0.6 is 12.4 Å². The molecular weight excluding hydrogens is 316 g/mol. The third-order valence-corrected chi connectivity index (χ3v) is 5.14. The van der Waals surface area contributed by atoms with Crippen molar-refractivity contribution in [3.63, 3.8) is 0 Å². The Labute approximate surface area is 146 Å². The van der Waals surface area contributed by atoms with Gasteiger partial charge in [-0.15, -0.1) is 12.4 Å². The van der Waals surface area contributed by atoms with Gasteiger partial charge in [0.15, 0.2) is 0 Å². The summed E-state index contributed by atoms with van der Waals surface area (Å²) in [7, 11) is 1.61. The average molecular weight is 349 g/mol. The first-order valence-electron chi connectivity index (χ1n) is 8.78. The number of piperidine rings is 1. The highest BCUT2D eigenvalue weighted by molar-refractivity contribution is 5.85. The molecule has 0 aromatic heterocycles. The van der Waals surface area contributed by atoms with E-state index in [0.717, 1.165) is 31.8 Å². The van der Waals surface area contributed by atoms with E-state index in [-0.39, 0.29) is 24.4 Å². The van der Waals surface area contributed by atoms with Crippen molar-refractivity contribution in [2.24, 2.45) is 11.7 Å². The number of amides is 1. The highest BCUT2D eigenvalue weighted by Gasteiger charge is 2.27. The van der Waals surface area contributed by atoms with E-state index in [9.17, 15) is 4.79 Å². The normalized spacial score (nSPS) is 27.3. The van der Waals surface area contributed by atoms with E-state index in [1.54, 1.807) is 7.11 Å². The summed E-state index contributed by atoms with van der Waals surface area (Å²) in [6.45, 7) is 4.32. The largest absolute Gasteiger partial charge is 0.380 e. The van der Waals surface area contributed by atoms with E-state index in [4.69, 9.17) is 15.2 Å². The van der Waals surface area contributed by atoms with Crippen molar-refractivity contribution in [1.29, 1.82) is 0 Å². The Morgan fingerprint density at radius 2 is 1.70 bits per heavy atom. The average Bonchev–Trinajstić information content (AvgIpc) is 2.55. The molecule has 23 heavy (non-hydrogen) atoms. The zero-order valence-electron chi connectivity index (χ0n) is 14.5.